The molecule has 1 aromatic rings. The van der Waals surface area contributed by atoms with Crippen LogP contribution in [0.2, 0.25) is 0 Å². The van der Waals surface area contributed by atoms with Gasteiger partial charge in [0.05, 0.1) is 28.2 Å². The molecule has 10 heteroatoms. The third-order valence-electron chi connectivity index (χ3n) is 4.34. The highest BCUT2D eigenvalue weighted by Gasteiger charge is 2.39. The highest BCUT2D eigenvalue weighted by atomic mass is 32.2. The van der Waals surface area contributed by atoms with E-state index in [0.29, 0.717) is 6.42 Å². The quantitative estimate of drug-likeness (QED) is 0.753. The molecule has 1 unspecified atom stereocenters. The van der Waals surface area contributed by atoms with E-state index in [2.05, 4.69) is 0 Å². The Bertz CT molecular complexity index is 862. The Hall–Kier alpha value is -2.28. The summed E-state index contributed by atoms with van der Waals surface area (Å²) in [7, 11) is -3.67. The van der Waals surface area contributed by atoms with E-state index < -0.39 is 28.0 Å². The maximum Gasteiger partial charge on any atom is 0.425 e. The molecule has 1 aliphatic rings. The molecule has 1 heterocycles. The SMILES string of the molecule is CCS(=O)(=O)c1ccc(O[C@H](C)C(F)(F)F)c(C(=O)N2CCC(C#N)C2)c1. The lowest BCUT2D eigenvalue weighted by Gasteiger charge is -2.22. The van der Waals surface area contributed by atoms with Crippen LogP contribution in [-0.4, -0.2) is 50.3 Å². The Morgan fingerprint density at radius 1 is 1.44 bits per heavy atom. The van der Waals surface area contributed by atoms with Crippen LogP contribution in [0.1, 0.15) is 30.6 Å². The number of sulfone groups is 1. The zero-order valence-electron chi connectivity index (χ0n) is 14.8. The molecule has 2 atom stereocenters. The van der Waals surface area contributed by atoms with E-state index in [1.54, 1.807) is 0 Å². The van der Waals surface area contributed by atoms with E-state index in [9.17, 15) is 26.4 Å². The lowest BCUT2D eigenvalue weighted by molar-refractivity contribution is -0.189. The molecule has 1 aromatic carbocycles. The number of carbonyl (C=O) groups is 1. The van der Waals surface area contributed by atoms with E-state index >= 15 is 0 Å². The van der Waals surface area contributed by atoms with Crippen molar-refractivity contribution < 1.29 is 31.1 Å². The normalized spacial score (nSPS) is 18.8. The topological polar surface area (TPSA) is 87.5 Å². The molecule has 0 aromatic heterocycles. The Kier molecular flexibility index (Phi) is 6.04. The van der Waals surface area contributed by atoms with Crippen molar-refractivity contribution in [2.45, 2.75) is 37.4 Å². The van der Waals surface area contributed by atoms with Crippen LogP contribution in [0.3, 0.4) is 0 Å². The van der Waals surface area contributed by atoms with E-state index in [1.165, 1.54) is 11.8 Å². The number of carbonyl (C=O) groups excluding carboxylic acids is 1. The Morgan fingerprint density at radius 3 is 2.63 bits per heavy atom. The highest BCUT2D eigenvalue weighted by molar-refractivity contribution is 7.91. The molecule has 0 aliphatic carbocycles. The van der Waals surface area contributed by atoms with Crippen LogP contribution in [-0.2, 0) is 9.84 Å². The van der Waals surface area contributed by atoms with Crippen LogP contribution in [0.15, 0.2) is 23.1 Å². The molecule has 27 heavy (non-hydrogen) atoms. The molecule has 0 N–H and O–H groups in total. The van der Waals surface area contributed by atoms with Gasteiger partial charge >= 0.3 is 6.18 Å². The lowest BCUT2D eigenvalue weighted by Crippen LogP contribution is -2.33. The van der Waals surface area contributed by atoms with Gasteiger partial charge in [-0.1, -0.05) is 6.92 Å². The van der Waals surface area contributed by atoms with Gasteiger partial charge in [-0.3, -0.25) is 4.79 Å². The summed E-state index contributed by atoms with van der Waals surface area (Å²) in [5.74, 6) is -1.60. The first-order chi connectivity index (χ1) is 12.5. The number of halogens is 3. The summed E-state index contributed by atoms with van der Waals surface area (Å²) in [5, 5.41) is 8.96. The number of hydrogen-bond donors (Lipinski definition) is 0. The molecule has 2 rings (SSSR count). The predicted molar refractivity (Wildman–Crippen MR) is 89.9 cm³/mol. The molecule has 6 nitrogen and oxygen atoms in total. The number of rotatable bonds is 5. The molecule has 0 bridgehead atoms. The molecule has 1 aliphatic heterocycles. The van der Waals surface area contributed by atoms with E-state index in [-0.39, 0.29) is 41.0 Å². The largest absolute Gasteiger partial charge is 0.480 e. The molecule has 0 saturated carbocycles. The smallest absolute Gasteiger partial charge is 0.425 e. The number of likely N-dealkylation sites (tertiary alicyclic amines) is 1. The second-order valence-corrected chi connectivity index (χ2v) is 8.51. The number of alkyl halides is 3. The average molecular weight is 404 g/mol. The maximum atomic E-state index is 12.8. The fourth-order valence-electron chi connectivity index (χ4n) is 2.62. The summed E-state index contributed by atoms with van der Waals surface area (Å²) in [4.78, 5) is 13.9. The summed E-state index contributed by atoms with van der Waals surface area (Å²) >= 11 is 0. The first kappa shape index (κ1) is 21.0. The molecular weight excluding hydrogens is 385 g/mol. The third kappa shape index (κ3) is 4.71. The Labute approximate surface area is 155 Å². The van der Waals surface area contributed by atoms with Crippen LogP contribution in [0.5, 0.6) is 5.75 Å². The average Bonchev–Trinajstić information content (AvgIpc) is 3.09. The number of nitrogens with zero attached hydrogens (tertiary/aromatic N) is 2. The van der Waals surface area contributed by atoms with Crippen LogP contribution in [0.4, 0.5) is 13.2 Å². The molecule has 1 saturated heterocycles. The Morgan fingerprint density at radius 2 is 2.11 bits per heavy atom. The van der Waals surface area contributed by atoms with Gasteiger partial charge in [0.25, 0.3) is 5.91 Å². The fourth-order valence-corrected chi connectivity index (χ4v) is 3.52. The molecule has 1 amide bonds. The minimum Gasteiger partial charge on any atom is -0.480 e. The first-order valence-corrected chi connectivity index (χ1v) is 9.94. The summed E-state index contributed by atoms with van der Waals surface area (Å²) in [6.07, 6.45) is -6.37. The van der Waals surface area contributed by atoms with Crippen molar-refractivity contribution in [2.24, 2.45) is 5.92 Å². The number of amides is 1. The second kappa shape index (κ2) is 7.76. The summed E-state index contributed by atoms with van der Waals surface area (Å²) in [5.41, 5.74) is -0.265. The van der Waals surface area contributed by atoms with Gasteiger partial charge in [-0.25, -0.2) is 8.42 Å². The standard InChI is InChI=1S/C17H19F3N2O4S/c1-3-27(24,25)13-4-5-15(26-11(2)17(18,19)20)14(8-13)16(23)22-7-6-12(9-21)10-22/h4-5,8,11-12H,3,6-7,10H2,1-2H3/t11-,12?/m1/s1. The van der Waals surface area contributed by atoms with Crippen molar-refractivity contribution in [1.29, 1.82) is 5.26 Å². The number of ether oxygens (including phenoxy) is 1. The molecular formula is C17H19F3N2O4S. The monoisotopic (exact) mass is 404 g/mol. The number of hydrogen-bond acceptors (Lipinski definition) is 5. The van der Waals surface area contributed by atoms with Crippen LogP contribution < -0.4 is 4.74 Å². The Balaban J connectivity index is 2.45. The molecule has 1 fully saturated rings. The number of benzene rings is 1. The third-order valence-corrected chi connectivity index (χ3v) is 6.08. The van der Waals surface area contributed by atoms with Gasteiger partial charge in [-0.05, 0) is 31.5 Å². The zero-order chi connectivity index (χ0) is 20.4. The van der Waals surface area contributed by atoms with Crippen molar-refractivity contribution in [2.75, 3.05) is 18.8 Å². The molecule has 148 valence electrons. The van der Waals surface area contributed by atoms with Gasteiger partial charge in [-0.15, -0.1) is 0 Å². The van der Waals surface area contributed by atoms with Crippen molar-refractivity contribution in [3.05, 3.63) is 23.8 Å². The summed E-state index contributed by atoms with van der Waals surface area (Å²) in [6, 6.07) is 5.27. The second-order valence-electron chi connectivity index (χ2n) is 6.23. The maximum absolute atomic E-state index is 12.8. The van der Waals surface area contributed by atoms with Gasteiger partial charge in [-0.2, -0.15) is 18.4 Å². The van der Waals surface area contributed by atoms with Crippen molar-refractivity contribution >= 4 is 15.7 Å². The minimum absolute atomic E-state index is 0.133. The molecule has 0 spiro atoms. The summed E-state index contributed by atoms with van der Waals surface area (Å²) < 4.78 is 67.6. The van der Waals surface area contributed by atoms with Gasteiger partial charge in [0.2, 0.25) is 0 Å². The summed E-state index contributed by atoms with van der Waals surface area (Å²) in [6.45, 7) is 2.61. The predicted octanol–water partition coefficient (Wildman–Crippen LogP) is 2.80. The van der Waals surface area contributed by atoms with Crippen LogP contribution in [0, 0.1) is 17.2 Å². The zero-order valence-corrected chi connectivity index (χ0v) is 15.6. The molecule has 0 radical (unpaired) electrons. The van der Waals surface area contributed by atoms with Gasteiger partial charge < -0.3 is 9.64 Å². The van der Waals surface area contributed by atoms with Crippen molar-refractivity contribution in [1.82, 2.24) is 4.90 Å². The number of nitriles is 1. The van der Waals surface area contributed by atoms with Crippen LogP contribution in [0.25, 0.3) is 0 Å². The van der Waals surface area contributed by atoms with Crippen molar-refractivity contribution in [3.63, 3.8) is 0 Å². The first-order valence-electron chi connectivity index (χ1n) is 8.28. The van der Waals surface area contributed by atoms with Gasteiger partial charge in [0.15, 0.2) is 15.9 Å². The van der Waals surface area contributed by atoms with E-state index in [1.807, 2.05) is 6.07 Å². The van der Waals surface area contributed by atoms with Gasteiger partial charge in [0, 0.05) is 13.1 Å². The van der Waals surface area contributed by atoms with E-state index in [0.717, 1.165) is 25.1 Å². The van der Waals surface area contributed by atoms with E-state index in [4.69, 9.17) is 10.00 Å². The lowest BCUT2D eigenvalue weighted by atomic mass is 10.1. The van der Waals surface area contributed by atoms with Crippen molar-refractivity contribution in [3.8, 4) is 11.8 Å². The fraction of sp³-hybridized carbons (Fsp3) is 0.529. The highest BCUT2D eigenvalue weighted by Crippen LogP contribution is 2.31. The van der Waals surface area contributed by atoms with Gasteiger partial charge in [0.1, 0.15) is 5.75 Å². The minimum atomic E-state index is -4.64. The van der Waals surface area contributed by atoms with Crippen LogP contribution >= 0.6 is 0 Å².